The van der Waals surface area contributed by atoms with Gasteiger partial charge in [0.15, 0.2) is 0 Å². The fourth-order valence-electron chi connectivity index (χ4n) is 4.70. The molecule has 3 rings (SSSR count). The zero-order valence-electron chi connectivity index (χ0n) is 16.3. The van der Waals surface area contributed by atoms with Gasteiger partial charge in [-0.15, -0.1) is 0 Å². The van der Waals surface area contributed by atoms with Gasteiger partial charge in [0.2, 0.25) is 5.91 Å². The number of fused-ring (bicyclic) bond motifs is 1. The molecule has 1 saturated carbocycles. The molecule has 5 atom stereocenters. The van der Waals surface area contributed by atoms with Crippen LogP contribution in [0, 0.1) is 17.8 Å². The van der Waals surface area contributed by atoms with Gasteiger partial charge in [-0.25, -0.2) is 0 Å². The van der Waals surface area contributed by atoms with Crippen LogP contribution < -0.4 is 15.5 Å². The molecule has 1 aliphatic carbocycles. The number of rotatable bonds is 4. The first-order valence-corrected chi connectivity index (χ1v) is 9.79. The van der Waals surface area contributed by atoms with E-state index in [9.17, 15) is 9.59 Å². The Labute approximate surface area is 156 Å². The lowest BCUT2D eigenvalue weighted by Gasteiger charge is -2.46. The summed E-state index contributed by atoms with van der Waals surface area (Å²) in [4.78, 5) is 27.0. The van der Waals surface area contributed by atoms with Crippen molar-refractivity contribution in [1.29, 1.82) is 0 Å². The van der Waals surface area contributed by atoms with E-state index in [1.807, 2.05) is 43.3 Å². The number of hydrogen-bond donors (Lipinski definition) is 2. The number of nitrogens with one attached hydrogen (secondary N) is 2. The van der Waals surface area contributed by atoms with Crippen molar-refractivity contribution in [2.24, 2.45) is 17.8 Å². The second kappa shape index (κ2) is 7.68. The van der Waals surface area contributed by atoms with Gasteiger partial charge in [-0.3, -0.25) is 9.59 Å². The molecule has 1 saturated heterocycles. The van der Waals surface area contributed by atoms with Crippen LogP contribution in [0.3, 0.4) is 0 Å². The van der Waals surface area contributed by atoms with E-state index < -0.39 is 0 Å². The maximum atomic E-state index is 12.7. The van der Waals surface area contributed by atoms with Crippen LogP contribution in [0.25, 0.3) is 0 Å². The second-order valence-electron chi connectivity index (χ2n) is 8.08. The van der Waals surface area contributed by atoms with Crippen LogP contribution in [0.5, 0.6) is 0 Å². The summed E-state index contributed by atoms with van der Waals surface area (Å²) in [5.41, 5.74) is 1.70. The number of benzene rings is 1. The Kier molecular flexibility index (Phi) is 5.54. The normalized spacial score (nSPS) is 30.9. The number of anilines is 1. The van der Waals surface area contributed by atoms with E-state index in [1.165, 1.54) is 0 Å². The van der Waals surface area contributed by atoms with Crippen LogP contribution in [-0.2, 0) is 4.79 Å². The van der Waals surface area contributed by atoms with Crippen molar-refractivity contribution in [3.05, 3.63) is 29.8 Å². The van der Waals surface area contributed by atoms with Crippen LogP contribution in [0.4, 0.5) is 5.69 Å². The Morgan fingerprint density at radius 2 is 2.08 bits per heavy atom. The molecule has 1 heterocycles. The van der Waals surface area contributed by atoms with E-state index in [4.69, 9.17) is 0 Å². The van der Waals surface area contributed by atoms with Gasteiger partial charge in [-0.1, -0.05) is 19.9 Å². The number of carbonyl (C=O) groups is 2. The van der Waals surface area contributed by atoms with Gasteiger partial charge in [-0.2, -0.15) is 0 Å². The molecule has 2 N–H and O–H groups in total. The van der Waals surface area contributed by atoms with Crippen LogP contribution in [-0.4, -0.2) is 38.0 Å². The summed E-state index contributed by atoms with van der Waals surface area (Å²) in [6.45, 7) is 4.31. The van der Waals surface area contributed by atoms with Crippen LogP contribution in [0.1, 0.15) is 49.9 Å². The average Bonchev–Trinajstić information content (AvgIpc) is 2.62. The molecular formula is C21H31N3O2. The topological polar surface area (TPSA) is 61.4 Å². The van der Waals surface area contributed by atoms with Crippen LogP contribution in [0.2, 0.25) is 0 Å². The number of hydrogen-bond acceptors (Lipinski definition) is 3. The molecule has 2 amide bonds. The minimum absolute atomic E-state index is 0.0289. The summed E-state index contributed by atoms with van der Waals surface area (Å²) < 4.78 is 0. The molecule has 5 heteroatoms. The zero-order chi connectivity index (χ0) is 18.8. The lowest BCUT2D eigenvalue weighted by molar-refractivity contribution is -0.133. The number of nitrogens with zero attached hydrogens (tertiary/aromatic N) is 1. The molecule has 142 valence electrons. The van der Waals surface area contributed by atoms with Crippen molar-refractivity contribution < 1.29 is 9.59 Å². The van der Waals surface area contributed by atoms with E-state index in [1.54, 1.807) is 0 Å². The predicted molar refractivity (Wildman–Crippen MR) is 104 cm³/mol. The van der Waals surface area contributed by atoms with Crippen molar-refractivity contribution in [2.75, 3.05) is 19.0 Å². The summed E-state index contributed by atoms with van der Waals surface area (Å²) in [5.74, 6) is 1.25. The lowest BCUT2D eigenvalue weighted by atomic mass is 9.67. The van der Waals surface area contributed by atoms with E-state index >= 15 is 0 Å². The van der Waals surface area contributed by atoms with E-state index in [0.29, 0.717) is 17.4 Å². The molecule has 1 aromatic carbocycles. The molecule has 5 nitrogen and oxygen atoms in total. The number of piperidine rings is 1. The SMILES string of the molecule is CCC1C(=O)NC2CC(NC(=O)c3cccc(N(C)C)c3)CCC2C1C. The van der Waals surface area contributed by atoms with E-state index in [-0.39, 0.29) is 29.8 Å². The smallest absolute Gasteiger partial charge is 0.251 e. The summed E-state index contributed by atoms with van der Waals surface area (Å²) in [5, 5.41) is 6.40. The van der Waals surface area contributed by atoms with Crippen molar-refractivity contribution in [3.63, 3.8) is 0 Å². The molecule has 0 radical (unpaired) electrons. The quantitative estimate of drug-likeness (QED) is 0.871. The fourth-order valence-corrected chi connectivity index (χ4v) is 4.70. The van der Waals surface area contributed by atoms with Crippen molar-refractivity contribution in [2.45, 2.75) is 51.6 Å². The summed E-state index contributed by atoms with van der Waals surface area (Å²) in [7, 11) is 3.93. The second-order valence-corrected chi connectivity index (χ2v) is 8.08. The van der Waals surface area contributed by atoms with Gasteiger partial charge in [0.25, 0.3) is 5.91 Å². The summed E-state index contributed by atoms with van der Waals surface area (Å²) >= 11 is 0. The Morgan fingerprint density at radius 3 is 2.77 bits per heavy atom. The first-order valence-electron chi connectivity index (χ1n) is 9.79. The minimum Gasteiger partial charge on any atom is -0.378 e. The van der Waals surface area contributed by atoms with Gasteiger partial charge < -0.3 is 15.5 Å². The van der Waals surface area contributed by atoms with Crippen molar-refractivity contribution in [1.82, 2.24) is 10.6 Å². The Morgan fingerprint density at radius 1 is 1.31 bits per heavy atom. The van der Waals surface area contributed by atoms with Gasteiger partial charge in [0.05, 0.1) is 0 Å². The molecule has 0 bridgehead atoms. The summed E-state index contributed by atoms with van der Waals surface area (Å²) in [6, 6.07) is 7.98. The monoisotopic (exact) mass is 357 g/mol. The third-order valence-corrected chi connectivity index (χ3v) is 6.28. The van der Waals surface area contributed by atoms with Crippen LogP contribution in [0.15, 0.2) is 24.3 Å². The minimum atomic E-state index is -0.0289. The third-order valence-electron chi connectivity index (χ3n) is 6.28. The van der Waals surface area contributed by atoms with Crippen molar-refractivity contribution in [3.8, 4) is 0 Å². The number of carbonyl (C=O) groups excluding carboxylic acids is 2. The van der Waals surface area contributed by atoms with Gasteiger partial charge >= 0.3 is 0 Å². The maximum Gasteiger partial charge on any atom is 0.251 e. The zero-order valence-corrected chi connectivity index (χ0v) is 16.3. The summed E-state index contributed by atoms with van der Waals surface area (Å²) in [6.07, 6.45) is 3.77. The molecule has 2 aliphatic rings. The lowest BCUT2D eigenvalue weighted by Crippen LogP contribution is -2.58. The first kappa shape index (κ1) is 18.7. The average molecular weight is 357 g/mol. The first-order chi connectivity index (χ1) is 12.4. The van der Waals surface area contributed by atoms with Crippen LogP contribution >= 0.6 is 0 Å². The Bertz CT molecular complexity index is 673. The largest absolute Gasteiger partial charge is 0.378 e. The Balaban J connectivity index is 1.63. The predicted octanol–water partition coefficient (Wildman–Crippen LogP) is 2.81. The fraction of sp³-hybridized carbons (Fsp3) is 0.619. The number of amides is 2. The molecule has 5 unspecified atom stereocenters. The van der Waals surface area contributed by atoms with Gasteiger partial charge in [0, 0.05) is 43.3 Å². The Hall–Kier alpha value is -2.04. The molecule has 1 aromatic rings. The molecule has 26 heavy (non-hydrogen) atoms. The molecule has 0 aromatic heterocycles. The highest BCUT2D eigenvalue weighted by Gasteiger charge is 2.43. The molecular weight excluding hydrogens is 326 g/mol. The molecule has 0 spiro atoms. The van der Waals surface area contributed by atoms with Gasteiger partial charge in [0.1, 0.15) is 0 Å². The highest BCUT2D eigenvalue weighted by Crippen LogP contribution is 2.38. The maximum absolute atomic E-state index is 12.7. The van der Waals surface area contributed by atoms with E-state index in [0.717, 1.165) is 31.4 Å². The highest BCUT2D eigenvalue weighted by atomic mass is 16.2. The third kappa shape index (κ3) is 3.71. The molecule has 1 aliphatic heterocycles. The standard InChI is InChI=1S/C21H31N3O2/c1-5-17-13(2)18-10-9-15(12-19(18)23-21(17)26)22-20(25)14-7-6-8-16(11-14)24(3)4/h6-8,11,13,15,17-19H,5,9-10,12H2,1-4H3,(H,22,25)(H,23,26). The highest BCUT2D eigenvalue weighted by molar-refractivity contribution is 5.95. The molecule has 2 fully saturated rings. The van der Waals surface area contributed by atoms with Gasteiger partial charge in [-0.05, 0) is 55.7 Å². The van der Waals surface area contributed by atoms with Crippen molar-refractivity contribution >= 4 is 17.5 Å². The van der Waals surface area contributed by atoms with E-state index in [2.05, 4.69) is 24.5 Å².